The van der Waals surface area contributed by atoms with Crippen molar-refractivity contribution in [2.45, 2.75) is 50.2 Å². The number of methoxy groups -OCH3 is 1. The van der Waals surface area contributed by atoms with Crippen LogP contribution in [-0.2, 0) is 11.2 Å². The highest BCUT2D eigenvalue weighted by atomic mass is 35.5. The molecule has 2 aromatic rings. The van der Waals surface area contributed by atoms with Crippen molar-refractivity contribution < 1.29 is 14.6 Å². The van der Waals surface area contributed by atoms with Gasteiger partial charge in [0.05, 0.1) is 23.6 Å². The predicted molar refractivity (Wildman–Crippen MR) is 132 cm³/mol. The fourth-order valence-corrected chi connectivity index (χ4v) is 6.52. The smallest absolute Gasteiger partial charge is 0.308 e. The number of likely N-dealkylation sites (tertiary alicyclic amines) is 1. The van der Waals surface area contributed by atoms with E-state index in [2.05, 4.69) is 21.6 Å². The molecule has 0 spiro atoms. The molecule has 5 nitrogen and oxygen atoms in total. The van der Waals surface area contributed by atoms with Gasteiger partial charge in [-0.25, -0.2) is 0 Å². The van der Waals surface area contributed by atoms with Crippen LogP contribution in [0.15, 0.2) is 24.4 Å². The number of carboxylic acid groups (broad SMARTS) is 1. The van der Waals surface area contributed by atoms with Crippen molar-refractivity contribution in [3.05, 3.63) is 35.0 Å². The molecule has 7 heteroatoms. The lowest BCUT2D eigenvalue weighted by Crippen LogP contribution is -2.44. The lowest BCUT2D eigenvalue weighted by Gasteiger charge is -2.37. The van der Waals surface area contributed by atoms with Gasteiger partial charge in [0.25, 0.3) is 0 Å². The molecule has 1 saturated heterocycles. The van der Waals surface area contributed by atoms with E-state index < -0.39 is 5.97 Å². The molecular formula is C25H33ClN2O3S. The molecule has 2 atom stereocenters. The molecule has 1 saturated carbocycles. The number of carboxylic acids is 1. The van der Waals surface area contributed by atoms with Crippen molar-refractivity contribution in [3.8, 4) is 5.75 Å². The Bertz CT molecular complexity index is 937. The molecule has 0 radical (unpaired) electrons. The highest BCUT2D eigenvalue weighted by Crippen LogP contribution is 2.34. The first-order chi connectivity index (χ1) is 15.5. The van der Waals surface area contributed by atoms with Gasteiger partial charge in [-0.05, 0) is 74.8 Å². The van der Waals surface area contributed by atoms with Gasteiger partial charge in [-0.15, -0.1) is 0 Å². The third-order valence-electron chi connectivity index (χ3n) is 7.11. The highest BCUT2D eigenvalue weighted by Gasteiger charge is 2.34. The molecule has 0 bridgehead atoms. The summed E-state index contributed by atoms with van der Waals surface area (Å²) >= 11 is 8.57. The summed E-state index contributed by atoms with van der Waals surface area (Å²) in [6.07, 6.45) is 9.40. The van der Waals surface area contributed by atoms with E-state index in [-0.39, 0.29) is 11.8 Å². The van der Waals surface area contributed by atoms with Crippen molar-refractivity contribution in [1.29, 1.82) is 0 Å². The molecule has 174 valence electrons. The maximum absolute atomic E-state index is 12.0. The fraction of sp³-hybridized carbons (Fsp3) is 0.600. The molecule has 0 amide bonds. The first kappa shape index (κ1) is 23.7. The second-order valence-electron chi connectivity index (χ2n) is 9.08. The van der Waals surface area contributed by atoms with E-state index in [4.69, 9.17) is 16.3 Å². The summed E-state index contributed by atoms with van der Waals surface area (Å²) in [5.41, 5.74) is 1.98. The Balaban J connectivity index is 1.33. The summed E-state index contributed by atoms with van der Waals surface area (Å²) in [4.78, 5) is 18.8. The van der Waals surface area contributed by atoms with Crippen LogP contribution in [0.25, 0.3) is 10.9 Å². The van der Waals surface area contributed by atoms with Crippen LogP contribution in [0.4, 0.5) is 0 Å². The molecule has 1 aliphatic carbocycles. The second-order valence-corrected chi connectivity index (χ2v) is 10.9. The molecule has 2 fully saturated rings. The molecule has 2 aliphatic rings. The maximum atomic E-state index is 12.0. The third kappa shape index (κ3) is 5.70. The van der Waals surface area contributed by atoms with Crippen LogP contribution in [0.1, 0.15) is 44.1 Å². The van der Waals surface area contributed by atoms with Crippen LogP contribution in [0.2, 0.25) is 5.02 Å². The number of benzene rings is 1. The SMILES string of the molecule is COc1ccc2ncc(Cl)c(CCC[C@H]3CCN(CCSC4CCC4)C[C@H]3C(=O)O)c2c1. The van der Waals surface area contributed by atoms with Gasteiger partial charge in [0.1, 0.15) is 5.75 Å². The number of hydrogen-bond donors (Lipinski definition) is 1. The fourth-order valence-electron chi connectivity index (χ4n) is 4.91. The number of nitrogens with zero attached hydrogens (tertiary/aromatic N) is 2. The minimum absolute atomic E-state index is 0.226. The molecule has 1 aromatic heterocycles. The van der Waals surface area contributed by atoms with Crippen molar-refractivity contribution in [2.75, 3.05) is 32.5 Å². The van der Waals surface area contributed by atoms with E-state index >= 15 is 0 Å². The van der Waals surface area contributed by atoms with Crippen molar-refractivity contribution in [3.63, 3.8) is 0 Å². The number of aromatic nitrogens is 1. The summed E-state index contributed by atoms with van der Waals surface area (Å²) in [7, 11) is 1.66. The van der Waals surface area contributed by atoms with Crippen LogP contribution in [0.3, 0.4) is 0 Å². The van der Waals surface area contributed by atoms with Crippen LogP contribution in [-0.4, -0.2) is 58.7 Å². The van der Waals surface area contributed by atoms with Crippen LogP contribution >= 0.6 is 23.4 Å². The zero-order valence-corrected chi connectivity index (χ0v) is 20.3. The molecule has 1 aromatic carbocycles. The van der Waals surface area contributed by atoms with Crippen molar-refractivity contribution in [2.24, 2.45) is 11.8 Å². The number of ether oxygens (including phenoxy) is 1. The number of rotatable bonds is 10. The number of pyridine rings is 1. The van der Waals surface area contributed by atoms with Gasteiger partial charge in [0.15, 0.2) is 0 Å². The summed E-state index contributed by atoms with van der Waals surface area (Å²) in [5.74, 6) is 1.21. The molecule has 32 heavy (non-hydrogen) atoms. The van der Waals surface area contributed by atoms with Crippen molar-refractivity contribution in [1.82, 2.24) is 9.88 Å². The normalized spacial score (nSPS) is 22.1. The third-order valence-corrected chi connectivity index (χ3v) is 8.79. The minimum atomic E-state index is -0.650. The van der Waals surface area contributed by atoms with Crippen LogP contribution < -0.4 is 4.74 Å². The molecular weight excluding hydrogens is 444 g/mol. The Morgan fingerprint density at radius 2 is 2.19 bits per heavy atom. The minimum Gasteiger partial charge on any atom is -0.497 e. The monoisotopic (exact) mass is 476 g/mol. The Hall–Kier alpha value is -1.50. The standard InChI is InChI=1S/C25H33ClN2O3S/c1-31-18-8-9-24-21(14-18)20(23(26)15-27-24)7-2-4-17-10-11-28(16-22(17)25(29)30)12-13-32-19-5-3-6-19/h8-9,14-15,17,19,22H,2-7,10-13,16H2,1H3,(H,29,30)/t17-,22+/m0/s1. The lowest BCUT2D eigenvalue weighted by molar-refractivity contribution is -0.146. The number of piperidine rings is 1. The molecule has 4 rings (SSSR count). The number of carbonyl (C=O) groups is 1. The van der Waals surface area contributed by atoms with Gasteiger partial charge >= 0.3 is 5.97 Å². The van der Waals surface area contributed by atoms with Gasteiger partial charge in [0, 0.05) is 35.7 Å². The summed E-state index contributed by atoms with van der Waals surface area (Å²) in [5, 5.41) is 12.4. The predicted octanol–water partition coefficient (Wildman–Crippen LogP) is 5.53. The number of fused-ring (bicyclic) bond motifs is 1. The van der Waals surface area contributed by atoms with Crippen LogP contribution in [0.5, 0.6) is 5.75 Å². The van der Waals surface area contributed by atoms with E-state index in [1.165, 1.54) is 19.3 Å². The molecule has 1 aliphatic heterocycles. The van der Waals surface area contributed by atoms with Gasteiger partial charge in [0.2, 0.25) is 0 Å². The Kier molecular flexibility index (Phi) is 8.19. The van der Waals surface area contributed by atoms with E-state index in [0.717, 1.165) is 72.0 Å². The van der Waals surface area contributed by atoms with Gasteiger partial charge in [-0.1, -0.05) is 18.0 Å². The molecule has 2 heterocycles. The molecule has 1 N–H and O–H groups in total. The van der Waals surface area contributed by atoms with E-state index in [1.54, 1.807) is 13.3 Å². The average molecular weight is 477 g/mol. The highest BCUT2D eigenvalue weighted by molar-refractivity contribution is 7.99. The molecule has 0 unspecified atom stereocenters. The zero-order valence-electron chi connectivity index (χ0n) is 18.8. The Labute approximate surface area is 199 Å². The number of thioether (sulfide) groups is 1. The first-order valence-electron chi connectivity index (χ1n) is 11.7. The van der Waals surface area contributed by atoms with Crippen molar-refractivity contribution >= 4 is 40.2 Å². The number of aryl methyl sites for hydroxylation is 1. The van der Waals surface area contributed by atoms with Crippen LogP contribution in [0, 0.1) is 11.8 Å². The Morgan fingerprint density at radius 3 is 2.91 bits per heavy atom. The summed E-state index contributed by atoms with van der Waals surface area (Å²) in [6, 6.07) is 5.85. The van der Waals surface area contributed by atoms with Gasteiger partial charge in [-0.2, -0.15) is 11.8 Å². The number of halogens is 1. The number of aliphatic carboxylic acids is 1. The van der Waals surface area contributed by atoms with E-state index in [0.29, 0.717) is 11.6 Å². The van der Waals surface area contributed by atoms with E-state index in [1.807, 2.05) is 18.2 Å². The summed E-state index contributed by atoms with van der Waals surface area (Å²) in [6.45, 7) is 2.70. The maximum Gasteiger partial charge on any atom is 0.308 e. The zero-order chi connectivity index (χ0) is 22.5. The summed E-state index contributed by atoms with van der Waals surface area (Å²) < 4.78 is 5.38. The lowest BCUT2D eigenvalue weighted by atomic mass is 9.81. The Morgan fingerprint density at radius 1 is 1.34 bits per heavy atom. The van der Waals surface area contributed by atoms with Gasteiger partial charge in [-0.3, -0.25) is 9.78 Å². The second kappa shape index (κ2) is 11.1. The van der Waals surface area contributed by atoms with Gasteiger partial charge < -0.3 is 14.7 Å². The topological polar surface area (TPSA) is 62.7 Å². The largest absolute Gasteiger partial charge is 0.497 e. The quantitative estimate of drug-likeness (QED) is 0.486. The number of hydrogen-bond acceptors (Lipinski definition) is 5. The van der Waals surface area contributed by atoms with E-state index in [9.17, 15) is 9.90 Å². The average Bonchev–Trinajstić information content (AvgIpc) is 2.77. The first-order valence-corrected chi connectivity index (χ1v) is 13.2.